The van der Waals surface area contributed by atoms with Gasteiger partial charge >= 0.3 is 0 Å². The van der Waals surface area contributed by atoms with Gasteiger partial charge in [0.25, 0.3) is 0 Å². The predicted molar refractivity (Wildman–Crippen MR) is 35.5 cm³/mol. The highest BCUT2D eigenvalue weighted by atomic mass is 16.2. The van der Waals surface area contributed by atoms with Gasteiger partial charge in [-0.3, -0.25) is 14.4 Å². The first-order valence-corrected chi connectivity index (χ1v) is 3.15. The van der Waals surface area contributed by atoms with Crippen molar-refractivity contribution in [1.82, 2.24) is 0 Å². The third-order valence-corrected chi connectivity index (χ3v) is 1.37. The van der Waals surface area contributed by atoms with Crippen molar-refractivity contribution in [3.8, 4) is 0 Å². The van der Waals surface area contributed by atoms with Gasteiger partial charge in [-0.1, -0.05) is 6.92 Å². The van der Waals surface area contributed by atoms with Crippen molar-refractivity contribution < 1.29 is 14.4 Å². The van der Waals surface area contributed by atoms with Crippen molar-refractivity contribution in [2.45, 2.75) is 20.3 Å². The summed E-state index contributed by atoms with van der Waals surface area (Å²) in [5.74, 6) is -1.56. The molecule has 0 aliphatic carbocycles. The van der Waals surface area contributed by atoms with Crippen LogP contribution in [0.25, 0.3) is 0 Å². The van der Waals surface area contributed by atoms with Crippen LogP contribution in [0.2, 0.25) is 0 Å². The Balaban J connectivity index is 4.06. The SMILES string of the molecule is CCC(=O)C(C)C(=O)C=O. The Bertz CT molecular complexity index is 160. The van der Waals surface area contributed by atoms with E-state index in [1.807, 2.05) is 0 Å². The number of Topliss-reactive ketones (excluding diaryl/α,β-unsaturated/α-hetero) is 2. The zero-order valence-electron chi connectivity index (χ0n) is 6.09. The second-order valence-corrected chi connectivity index (χ2v) is 2.06. The molecular formula is C7H10O3. The fourth-order valence-electron chi connectivity index (χ4n) is 0.567. The number of ketones is 2. The van der Waals surface area contributed by atoms with Gasteiger partial charge in [-0.15, -0.1) is 0 Å². The molecule has 0 fully saturated rings. The highest BCUT2D eigenvalue weighted by Gasteiger charge is 2.17. The molecule has 0 aromatic carbocycles. The van der Waals surface area contributed by atoms with Crippen LogP contribution in [-0.4, -0.2) is 17.9 Å². The van der Waals surface area contributed by atoms with E-state index in [4.69, 9.17) is 0 Å². The fourth-order valence-corrected chi connectivity index (χ4v) is 0.567. The van der Waals surface area contributed by atoms with E-state index in [1.165, 1.54) is 6.92 Å². The Labute approximate surface area is 59.4 Å². The number of aldehydes is 1. The molecule has 0 rings (SSSR count). The summed E-state index contributed by atoms with van der Waals surface area (Å²) in [6.07, 6.45) is 0.499. The summed E-state index contributed by atoms with van der Waals surface area (Å²) in [5.41, 5.74) is 0. The molecule has 3 nitrogen and oxygen atoms in total. The standard InChI is InChI=1S/C7H10O3/c1-3-6(9)5(2)7(10)4-8/h4-5H,3H2,1-2H3. The molecule has 1 atom stereocenters. The lowest BCUT2D eigenvalue weighted by Crippen LogP contribution is -2.20. The van der Waals surface area contributed by atoms with Gasteiger partial charge in [-0.2, -0.15) is 0 Å². The first-order valence-electron chi connectivity index (χ1n) is 3.15. The number of carbonyl (C=O) groups is 3. The molecule has 0 aromatic rings. The maximum Gasteiger partial charge on any atom is 0.205 e. The first kappa shape index (κ1) is 9.01. The topological polar surface area (TPSA) is 51.2 Å². The van der Waals surface area contributed by atoms with Crippen molar-refractivity contribution >= 4 is 17.9 Å². The van der Waals surface area contributed by atoms with E-state index in [0.717, 1.165) is 0 Å². The van der Waals surface area contributed by atoms with E-state index in [0.29, 0.717) is 6.42 Å². The van der Waals surface area contributed by atoms with Crippen LogP contribution in [-0.2, 0) is 14.4 Å². The van der Waals surface area contributed by atoms with E-state index in [1.54, 1.807) is 6.92 Å². The van der Waals surface area contributed by atoms with Gasteiger partial charge in [0.1, 0.15) is 5.78 Å². The van der Waals surface area contributed by atoms with E-state index in [2.05, 4.69) is 0 Å². The van der Waals surface area contributed by atoms with Gasteiger partial charge in [0.05, 0.1) is 5.92 Å². The first-order chi connectivity index (χ1) is 4.63. The molecule has 0 aliphatic rings. The van der Waals surface area contributed by atoms with Gasteiger partial charge in [-0.25, -0.2) is 0 Å². The van der Waals surface area contributed by atoms with Crippen LogP contribution >= 0.6 is 0 Å². The summed E-state index contributed by atoms with van der Waals surface area (Å²) >= 11 is 0. The van der Waals surface area contributed by atoms with E-state index < -0.39 is 11.7 Å². The van der Waals surface area contributed by atoms with Gasteiger partial charge in [0.2, 0.25) is 5.78 Å². The molecule has 0 heterocycles. The lowest BCUT2D eigenvalue weighted by atomic mass is 10.0. The van der Waals surface area contributed by atoms with Gasteiger partial charge < -0.3 is 0 Å². The molecule has 3 heteroatoms. The van der Waals surface area contributed by atoms with Crippen molar-refractivity contribution in [2.24, 2.45) is 5.92 Å². The molecule has 0 spiro atoms. The third kappa shape index (κ3) is 2.09. The monoisotopic (exact) mass is 142 g/mol. The van der Waals surface area contributed by atoms with E-state index in [9.17, 15) is 14.4 Å². The quantitative estimate of drug-likeness (QED) is 0.323. The second-order valence-electron chi connectivity index (χ2n) is 2.06. The summed E-state index contributed by atoms with van der Waals surface area (Å²) in [6, 6.07) is 0. The number of carbonyl (C=O) groups excluding carboxylic acids is 3. The van der Waals surface area contributed by atoms with Crippen molar-refractivity contribution in [3.05, 3.63) is 0 Å². The highest BCUT2D eigenvalue weighted by Crippen LogP contribution is 1.99. The van der Waals surface area contributed by atoms with E-state index in [-0.39, 0.29) is 12.1 Å². The van der Waals surface area contributed by atoms with Gasteiger partial charge in [-0.05, 0) is 6.92 Å². The maximum atomic E-state index is 10.7. The molecule has 0 aromatic heterocycles. The normalized spacial score (nSPS) is 12.2. The Morgan fingerprint density at radius 1 is 1.50 bits per heavy atom. The molecule has 0 N–H and O–H groups in total. The molecular weight excluding hydrogens is 132 g/mol. The number of hydrogen-bond acceptors (Lipinski definition) is 3. The van der Waals surface area contributed by atoms with Gasteiger partial charge in [0, 0.05) is 6.42 Å². The predicted octanol–water partition coefficient (Wildman–Crippen LogP) is 0.370. The zero-order valence-corrected chi connectivity index (χ0v) is 6.09. The molecule has 0 radical (unpaired) electrons. The van der Waals surface area contributed by atoms with Crippen molar-refractivity contribution in [3.63, 3.8) is 0 Å². The molecule has 1 unspecified atom stereocenters. The minimum absolute atomic E-state index is 0.183. The summed E-state index contributed by atoms with van der Waals surface area (Å²) < 4.78 is 0. The lowest BCUT2D eigenvalue weighted by Gasteiger charge is -2.00. The second kappa shape index (κ2) is 3.93. The minimum Gasteiger partial charge on any atom is -0.299 e. The van der Waals surface area contributed by atoms with E-state index >= 15 is 0 Å². The zero-order chi connectivity index (χ0) is 8.15. The van der Waals surface area contributed by atoms with Crippen LogP contribution in [0.4, 0.5) is 0 Å². The summed E-state index contributed by atoms with van der Waals surface area (Å²) in [4.78, 5) is 31.1. The van der Waals surface area contributed by atoms with Crippen LogP contribution in [0, 0.1) is 5.92 Å². The lowest BCUT2D eigenvalue weighted by molar-refractivity contribution is -0.137. The molecule has 0 saturated heterocycles. The molecule has 56 valence electrons. The molecule has 0 bridgehead atoms. The number of hydrogen-bond donors (Lipinski definition) is 0. The van der Waals surface area contributed by atoms with Crippen molar-refractivity contribution in [2.75, 3.05) is 0 Å². The summed E-state index contributed by atoms with van der Waals surface area (Å²) in [6.45, 7) is 3.11. The van der Waals surface area contributed by atoms with Crippen LogP contribution in [0.15, 0.2) is 0 Å². The van der Waals surface area contributed by atoms with Crippen LogP contribution in [0.5, 0.6) is 0 Å². The molecule has 0 amide bonds. The minimum atomic E-state index is -0.748. The van der Waals surface area contributed by atoms with Crippen LogP contribution in [0.1, 0.15) is 20.3 Å². The Morgan fingerprint density at radius 2 is 2.00 bits per heavy atom. The Kier molecular flexibility index (Phi) is 3.54. The van der Waals surface area contributed by atoms with Crippen LogP contribution in [0.3, 0.4) is 0 Å². The Morgan fingerprint density at radius 3 is 2.30 bits per heavy atom. The summed E-state index contributed by atoms with van der Waals surface area (Å²) in [5, 5.41) is 0. The smallest absolute Gasteiger partial charge is 0.205 e. The largest absolute Gasteiger partial charge is 0.299 e. The Hall–Kier alpha value is -0.990. The average molecular weight is 142 g/mol. The summed E-state index contributed by atoms with van der Waals surface area (Å²) in [7, 11) is 0. The molecule has 0 saturated carbocycles. The van der Waals surface area contributed by atoms with Crippen LogP contribution < -0.4 is 0 Å². The number of rotatable bonds is 4. The average Bonchev–Trinajstić information content (AvgIpc) is 2.00. The molecule has 10 heavy (non-hydrogen) atoms. The third-order valence-electron chi connectivity index (χ3n) is 1.37. The highest BCUT2D eigenvalue weighted by molar-refractivity contribution is 6.30. The van der Waals surface area contributed by atoms with Crippen molar-refractivity contribution in [1.29, 1.82) is 0 Å². The maximum absolute atomic E-state index is 10.7. The van der Waals surface area contributed by atoms with Gasteiger partial charge in [0.15, 0.2) is 6.29 Å². The fraction of sp³-hybridized carbons (Fsp3) is 0.571. The molecule has 0 aliphatic heterocycles.